The standard InChI is InChI=1S/C22H23FN2O2S/c1-24(14-17-6-3-4-8-21(17)23)22(26)16-25(15-20-7-5-13-28-20)18-9-11-19(27-2)12-10-18/h3-13H,14-16H2,1-2H3. The Morgan fingerprint density at radius 3 is 2.43 bits per heavy atom. The third kappa shape index (κ3) is 5.10. The van der Waals surface area contributed by atoms with Crippen LogP contribution in [0.2, 0.25) is 0 Å². The number of likely N-dealkylation sites (N-methyl/N-ethyl adjacent to an activating group) is 1. The number of amides is 1. The zero-order valence-corrected chi connectivity index (χ0v) is 16.8. The molecule has 0 unspecified atom stereocenters. The number of ether oxygens (including phenoxy) is 1. The summed E-state index contributed by atoms with van der Waals surface area (Å²) in [6.45, 7) is 1.07. The van der Waals surface area contributed by atoms with Gasteiger partial charge in [-0.3, -0.25) is 4.79 Å². The molecule has 6 heteroatoms. The predicted molar refractivity (Wildman–Crippen MR) is 111 cm³/mol. The molecule has 0 saturated carbocycles. The van der Waals surface area contributed by atoms with Crippen LogP contribution in [0.15, 0.2) is 66.0 Å². The second-order valence-electron chi connectivity index (χ2n) is 6.47. The highest BCUT2D eigenvalue weighted by Crippen LogP contribution is 2.23. The van der Waals surface area contributed by atoms with Gasteiger partial charge < -0.3 is 14.5 Å². The van der Waals surface area contributed by atoms with Crippen LogP contribution in [0.3, 0.4) is 0 Å². The first-order valence-electron chi connectivity index (χ1n) is 8.95. The molecule has 0 bridgehead atoms. The van der Waals surface area contributed by atoms with Crippen LogP contribution >= 0.6 is 11.3 Å². The number of carbonyl (C=O) groups is 1. The number of carbonyl (C=O) groups excluding carboxylic acids is 1. The van der Waals surface area contributed by atoms with Crippen molar-refractivity contribution in [2.24, 2.45) is 0 Å². The van der Waals surface area contributed by atoms with Crippen molar-refractivity contribution < 1.29 is 13.9 Å². The van der Waals surface area contributed by atoms with E-state index in [9.17, 15) is 9.18 Å². The van der Waals surface area contributed by atoms with Gasteiger partial charge >= 0.3 is 0 Å². The normalized spacial score (nSPS) is 10.5. The molecular formula is C22H23FN2O2S. The average Bonchev–Trinajstić information content (AvgIpc) is 3.22. The van der Waals surface area contributed by atoms with E-state index in [1.54, 1.807) is 48.6 Å². The van der Waals surface area contributed by atoms with Gasteiger partial charge in [-0.25, -0.2) is 4.39 Å². The van der Waals surface area contributed by atoms with Crippen LogP contribution in [0.5, 0.6) is 5.75 Å². The fourth-order valence-electron chi connectivity index (χ4n) is 2.88. The van der Waals surface area contributed by atoms with Gasteiger partial charge in [0.05, 0.1) is 20.2 Å². The first-order chi connectivity index (χ1) is 13.6. The van der Waals surface area contributed by atoms with Crippen LogP contribution in [0.4, 0.5) is 10.1 Å². The van der Waals surface area contributed by atoms with E-state index in [1.165, 1.54) is 10.9 Å². The molecule has 1 aromatic heterocycles. The van der Waals surface area contributed by atoms with Gasteiger partial charge in [-0.2, -0.15) is 0 Å². The van der Waals surface area contributed by atoms with E-state index in [4.69, 9.17) is 4.74 Å². The smallest absolute Gasteiger partial charge is 0.242 e. The van der Waals surface area contributed by atoms with Crippen molar-refractivity contribution in [1.29, 1.82) is 0 Å². The Bertz CT molecular complexity index is 897. The van der Waals surface area contributed by atoms with Gasteiger partial charge in [0, 0.05) is 29.7 Å². The van der Waals surface area contributed by atoms with Crippen LogP contribution in [0, 0.1) is 5.82 Å². The molecule has 3 rings (SSSR count). The lowest BCUT2D eigenvalue weighted by Crippen LogP contribution is -2.38. The number of halogens is 1. The maximum absolute atomic E-state index is 13.9. The highest BCUT2D eigenvalue weighted by Gasteiger charge is 2.17. The van der Waals surface area contributed by atoms with E-state index in [1.807, 2.05) is 40.6 Å². The molecule has 0 N–H and O–H groups in total. The molecule has 1 heterocycles. The van der Waals surface area contributed by atoms with E-state index >= 15 is 0 Å². The van der Waals surface area contributed by atoms with Crippen molar-refractivity contribution in [2.45, 2.75) is 13.1 Å². The van der Waals surface area contributed by atoms with E-state index in [0.29, 0.717) is 12.1 Å². The summed E-state index contributed by atoms with van der Waals surface area (Å²) in [7, 11) is 3.33. The second kappa shape index (κ2) is 9.37. The van der Waals surface area contributed by atoms with Crippen LogP contribution in [0.25, 0.3) is 0 Å². The van der Waals surface area contributed by atoms with Crippen molar-refractivity contribution in [3.05, 3.63) is 82.3 Å². The summed E-state index contributed by atoms with van der Waals surface area (Å²) in [6.07, 6.45) is 0. The summed E-state index contributed by atoms with van der Waals surface area (Å²) >= 11 is 1.65. The Labute approximate surface area is 168 Å². The lowest BCUT2D eigenvalue weighted by atomic mass is 10.2. The molecule has 146 valence electrons. The van der Waals surface area contributed by atoms with Crippen molar-refractivity contribution in [1.82, 2.24) is 4.90 Å². The molecule has 0 aliphatic rings. The maximum atomic E-state index is 13.9. The lowest BCUT2D eigenvalue weighted by molar-refractivity contribution is -0.129. The maximum Gasteiger partial charge on any atom is 0.242 e. The van der Waals surface area contributed by atoms with Gasteiger partial charge in [0.1, 0.15) is 11.6 Å². The Morgan fingerprint density at radius 1 is 1.04 bits per heavy atom. The second-order valence-corrected chi connectivity index (χ2v) is 7.51. The predicted octanol–water partition coefficient (Wildman–Crippen LogP) is 4.56. The number of nitrogens with zero attached hydrogens (tertiary/aromatic N) is 2. The number of methoxy groups -OCH3 is 1. The minimum atomic E-state index is -0.298. The van der Waals surface area contributed by atoms with Crippen LogP contribution in [-0.4, -0.2) is 31.5 Å². The molecule has 28 heavy (non-hydrogen) atoms. The largest absolute Gasteiger partial charge is 0.497 e. The molecule has 0 saturated heterocycles. The van der Waals surface area contributed by atoms with Crippen LogP contribution in [0.1, 0.15) is 10.4 Å². The molecule has 3 aromatic rings. The molecule has 1 amide bonds. The van der Waals surface area contributed by atoms with Crippen molar-refractivity contribution >= 4 is 22.9 Å². The Balaban J connectivity index is 1.73. The summed E-state index contributed by atoms with van der Waals surface area (Å²) in [5.41, 5.74) is 1.44. The first-order valence-corrected chi connectivity index (χ1v) is 9.83. The SMILES string of the molecule is COc1ccc(N(CC(=O)N(C)Cc2ccccc2F)Cc2cccs2)cc1. The Morgan fingerprint density at radius 2 is 1.79 bits per heavy atom. The summed E-state index contributed by atoms with van der Waals surface area (Å²) in [5, 5.41) is 2.02. The molecular weight excluding hydrogens is 375 g/mol. The van der Waals surface area contributed by atoms with Gasteiger partial charge in [-0.1, -0.05) is 24.3 Å². The van der Waals surface area contributed by atoms with E-state index in [-0.39, 0.29) is 24.8 Å². The van der Waals surface area contributed by atoms with Gasteiger partial charge in [-0.15, -0.1) is 11.3 Å². The van der Waals surface area contributed by atoms with Gasteiger partial charge in [-0.05, 0) is 41.8 Å². The van der Waals surface area contributed by atoms with Gasteiger partial charge in [0.2, 0.25) is 5.91 Å². The number of benzene rings is 2. The van der Waals surface area contributed by atoms with E-state index in [2.05, 4.69) is 6.07 Å². The number of anilines is 1. The molecule has 4 nitrogen and oxygen atoms in total. The molecule has 0 fully saturated rings. The highest BCUT2D eigenvalue weighted by molar-refractivity contribution is 7.09. The number of hydrogen-bond acceptors (Lipinski definition) is 4. The quantitative estimate of drug-likeness (QED) is 0.558. The van der Waals surface area contributed by atoms with Crippen LogP contribution < -0.4 is 9.64 Å². The zero-order chi connectivity index (χ0) is 19.9. The fraction of sp³-hybridized carbons (Fsp3) is 0.227. The summed E-state index contributed by atoms with van der Waals surface area (Å²) in [6, 6.07) is 18.2. The summed E-state index contributed by atoms with van der Waals surface area (Å²) in [4.78, 5) is 17.6. The van der Waals surface area contributed by atoms with Crippen molar-refractivity contribution in [3.63, 3.8) is 0 Å². The van der Waals surface area contributed by atoms with Crippen molar-refractivity contribution in [2.75, 3.05) is 25.6 Å². The lowest BCUT2D eigenvalue weighted by Gasteiger charge is -2.27. The van der Waals surface area contributed by atoms with Gasteiger partial charge in [0.25, 0.3) is 0 Å². The number of thiophene rings is 1. The Kier molecular flexibility index (Phi) is 6.66. The molecule has 0 aliphatic heterocycles. The number of hydrogen-bond donors (Lipinski definition) is 0. The van der Waals surface area contributed by atoms with Crippen LogP contribution in [-0.2, 0) is 17.9 Å². The van der Waals surface area contributed by atoms with Crippen molar-refractivity contribution in [3.8, 4) is 5.75 Å². The molecule has 0 spiro atoms. The average molecular weight is 399 g/mol. The highest BCUT2D eigenvalue weighted by atomic mass is 32.1. The zero-order valence-electron chi connectivity index (χ0n) is 16.0. The molecule has 0 radical (unpaired) electrons. The van der Waals surface area contributed by atoms with E-state index < -0.39 is 0 Å². The third-order valence-electron chi connectivity index (χ3n) is 4.48. The topological polar surface area (TPSA) is 32.8 Å². The number of rotatable bonds is 8. The monoisotopic (exact) mass is 398 g/mol. The first kappa shape index (κ1) is 19.9. The minimum absolute atomic E-state index is 0.0735. The molecule has 0 aliphatic carbocycles. The fourth-order valence-corrected chi connectivity index (χ4v) is 3.60. The molecule has 2 aromatic carbocycles. The third-order valence-corrected chi connectivity index (χ3v) is 5.34. The van der Waals surface area contributed by atoms with Gasteiger partial charge in [0.15, 0.2) is 0 Å². The van der Waals surface area contributed by atoms with E-state index in [0.717, 1.165) is 11.4 Å². The minimum Gasteiger partial charge on any atom is -0.497 e. The summed E-state index contributed by atoms with van der Waals surface area (Å²) < 4.78 is 19.1. The molecule has 0 atom stereocenters. The Hall–Kier alpha value is -2.86. The summed E-state index contributed by atoms with van der Waals surface area (Å²) in [5.74, 6) is 0.395.